The van der Waals surface area contributed by atoms with Crippen LogP contribution in [0.15, 0.2) is 12.3 Å². The smallest absolute Gasteiger partial charge is 0.222 e. The van der Waals surface area contributed by atoms with Gasteiger partial charge in [-0.25, -0.2) is 9.97 Å². The van der Waals surface area contributed by atoms with Crippen LogP contribution in [0.25, 0.3) is 0 Å². The van der Waals surface area contributed by atoms with E-state index in [1.165, 1.54) is 0 Å². The standard InChI is InChI=1S/C9H13ClN2/c1-6(2)7(3)8-4-5-11-9(10)12-8/h4-7H,1-3H3. The number of hydrogen-bond acceptors (Lipinski definition) is 2. The Morgan fingerprint density at radius 3 is 2.50 bits per heavy atom. The van der Waals surface area contributed by atoms with Crippen LogP contribution >= 0.6 is 11.6 Å². The normalized spacial score (nSPS) is 13.4. The molecule has 0 aliphatic carbocycles. The van der Waals surface area contributed by atoms with E-state index in [1.807, 2.05) is 6.07 Å². The molecule has 0 aliphatic heterocycles. The third-order valence-corrected chi connectivity index (χ3v) is 2.30. The van der Waals surface area contributed by atoms with Gasteiger partial charge in [0.25, 0.3) is 0 Å². The highest BCUT2D eigenvalue weighted by molar-refractivity contribution is 6.28. The molecule has 1 atom stereocenters. The number of nitrogens with zero attached hydrogens (tertiary/aromatic N) is 2. The van der Waals surface area contributed by atoms with Gasteiger partial charge in [0.05, 0.1) is 0 Å². The second-order valence-corrected chi connectivity index (χ2v) is 3.62. The minimum absolute atomic E-state index is 0.333. The minimum atomic E-state index is 0.333. The van der Waals surface area contributed by atoms with Gasteiger partial charge in [0.1, 0.15) is 0 Å². The van der Waals surface area contributed by atoms with Crippen LogP contribution in [0.5, 0.6) is 0 Å². The second-order valence-electron chi connectivity index (χ2n) is 3.28. The number of hydrogen-bond donors (Lipinski definition) is 0. The van der Waals surface area contributed by atoms with Crippen molar-refractivity contribution in [3.05, 3.63) is 23.2 Å². The maximum absolute atomic E-state index is 5.67. The predicted octanol–water partition coefficient (Wildman–Crippen LogP) is 2.89. The van der Waals surface area contributed by atoms with Gasteiger partial charge in [0.15, 0.2) is 0 Å². The lowest BCUT2D eigenvalue weighted by Crippen LogP contribution is -2.04. The van der Waals surface area contributed by atoms with E-state index in [1.54, 1.807) is 6.20 Å². The molecule has 0 aromatic carbocycles. The Balaban J connectivity index is 2.88. The van der Waals surface area contributed by atoms with Gasteiger partial charge in [-0.15, -0.1) is 0 Å². The van der Waals surface area contributed by atoms with Gasteiger partial charge >= 0.3 is 0 Å². The molecule has 66 valence electrons. The monoisotopic (exact) mass is 184 g/mol. The van der Waals surface area contributed by atoms with E-state index in [4.69, 9.17) is 11.6 Å². The Morgan fingerprint density at radius 1 is 1.33 bits per heavy atom. The molecule has 0 fully saturated rings. The van der Waals surface area contributed by atoms with Crippen molar-refractivity contribution >= 4 is 11.6 Å². The molecule has 0 bridgehead atoms. The molecular weight excluding hydrogens is 172 g/mol. The zero-order valence-electron chi connectivity index (χ0n) is 7.58. The van der Waals surface area contributed by atoms with Crippen molar-refractivity contribution in [2.75, 3.05) is 0 Å². The molecule has 0 amide bonds. The third kappa shape index (κ3) is 2.18. The lowest BCUT2D eigenvalue weighted by Gasteiger charge is -2.13. The molecule has 0 N–H and O–H groups in total. The number of aromatic nitrogens is 2. The van der Waals surface area contributed by atoms with E-state index in [0.29, 0.717) is 17.1 Å². The highest BCUT2D eigenvalue weighted by Gasteiger charge is 2.11. The van der Waals surface area contributed by atoms with Gasteiger partial charge in [0, 0.05) is 17.8 Å². The van der Waals surface area contributed by atoms with E-state index in [0.717, 1.165) is 5.69 Å². The van der Waals surface area contributed by atoms with E-state index in [2.05, 4.69) is 30.7 Å². The summed E-state index contributed by atoms with van der Waals surface area (Å²) >= 11 is 5.67. The maximum atomic E-state index is 5.67. The molecule has 2 nitrogen and oxygen atoms in total. The Labute approximate surface area is 78.0 Å². The molecule has 3 heteroatoms. The lowest BCUT2D eigenvalue weighted by molar-refractivity contribution is 0.522. The molecule has 12 heavy (non-hydrogen) atoms. The SMILES string of the molecule is CC(C)C(C)c1ccnc(Cl)n1. The van der Waals surface area contributed by atoms with Crippen LogP contribution in [-0.4, -0.2) is 9.97 Å². The Bertz CT molecular complexity index is 260. The number of rotatable bonds is 2. The molecule has 0 saturated heterocycles. The van der Waals surface area contributed by atoms with Crippen molar-refractivity contribution in [3.8, 4) is 0 Å². The summed E-state index contributed by atoms with van der Waals surface area (Å²) in [6.07, 6.45) is 1.70. The van der Waals surface area contributed by atoms with Gasteiger partial charge in [-0.1, -0.05) is 20.8 Å². The first-order valence-electron chi connectivity index (χ1n) is 4.09. The summed E-state index contributed by atoms with van der Waals surface area (Å²) < 4.78 is 0. The molecular formula is C9H13ClN2. The molecule has 0 radical (unpaired) electrons. The van der Waals surface area contributed by atoms with Crippen molar-refractivity contribution < 1.29 is 0 Å². The van der Waals surface area contributed by atoms with Crippen molar-refractivity contribution in [2.24, 2.45) is 5.92 Å². The Morgan fingerprint density at radius 2 is 2.00 bits per heavy atom. The van der Waals surface area contributed by atoms with E-state index < -0.39 is 0 Å². The Hall–Kier alpha value is -0.630. The molecule has 1 unspecified atom stereocenters. The highest BCUT2D eigenvalue weighted by Crippen LogP contribution is 2.21. The average Bonchev–Trinajstić information content (AvgIpc) is 2.03. The maximum Gasteiger partial charge on any atom is 0.222 e. The first-order chi connectivity index (χ1) is 5.61. The van der Waals surface area contributed by atoms with Crippen molar-refractivity contribution in [1.82, 2.24) is 9.97 Å². The summed E-state index contributed by atoms with van der Waals surface area (Å²) in [7, 11) is 0. The van der Waals surface area contributed by atoms with Gasteiger partial charge in [-0.05, 0) is 23.6 Å². The fourth-order valence-electron chi connectivity index (χ4n) is 0.943. The van der Waals surface area contributed by atoms with Crippen LogP contribution in [0.2, 0.25) is 5.28 Å². The van der Waals surface area contributed by atoms with Crippen LogP contribution in [0, 0.1) is 5.92 Å². The minimum Gasteiger partial charge on any atom is -0.227 e. The quantitative estimate of drug-likeness (QED) is 0.661. The van der Waals surface area contributed by atoms with Crippen molar-refractivity contribution in [1.29, 1.82) is 0 Å². The summed E-state index contributed by atoms with van der Waals surface area (Å²) in [5.41, 5.74) is 1.02. The first-order valence-corrected chi connectivity index (χ1v) is 4.47. The fraction of sp³-hybridized carbons (Fsp3) is 0.556. The molecule has 1 aromatic heterocycles. The zero-order chi connectivity index (χ0) is 9.14. The molecule has 0 saturated carbocycles. The van der Waals surface area contributed by atoms with Crippen LogP contribution < -0.4 is 0 Å². The van der Waals surface area contributed by atoms with Crippen LogP contribution in [0.4, 0.5) is 0 Å². The average molecular weight is 185 g/mol. The zero-order valence-corrected chi connectivity index (χ0v) is 8.34. The first kappa shape index (κ1) is 9.46. The van der Waals surface area contributed by atoms with Crippen LogP contribution in [-0.2, 0) is 0 Å². The predicted molar refractivity (Wildman–Crippen MR) is 50.3 cm³/mol. The summed E-state index contributed by atoms with van der Waals surface area (Å²) in [6, 6.07) is 1.91. The van der Waals surface area contributed by atoms with Gasteiger partial charge in [-0.3, -0.25) is 0 Å². The molecule has 0 spiro atoms. The van der Waals surface area contributed by atoms with E-state index in [9.17, 15) is 0 Å². The van der Waals surface area contributed by atoms with Gasteiger partial charge < -0.3 is 0 Å². The van der Waals surface area contributed by atoms with Crippen LogP contribution in [0.3, 0.4) is 0 Å². The van der Waals surface area contributed by atoms with E-state index in [-0.39, 0.29) is 0 Å². The highest BCUT2D eigenvalue weighted by atomic mass is 35.5. The van der Waals surface area contributed by atoms with Crippen molar-refractivity contribution in [2.45, 2.75) is 26.7 Å². The summed E-state index contributed by atoms with van der Waals surface area (Å²) in [5, 5.41) is 0.333. The summed E-state index contributed by atoms with van der Waals surface area (Å²) in [6.45, 7) is 6.48. The molecule has 1 heterocycles. The third-order valence-electron chi connectivity index (χ3n) is 2.11. The van der Waals surface area contributed by atoms with E-state index >= 15 is 0 Å². The van der Waals surface area contributed by atoms with Gasteiger partial charge in [-0.2, -0.15) is 0 Å². The number of halogens is 1. The largest absolute Gasteiger partial charge is 0.227 e. The van der Waals surface area contributed by atoms with Crippen molar-refractivity contribution in [3.63, 3.8) is 0 Å². The summed E-state index contributed by atoms with van der Waals surface area (Å²) in [4.78, 5) is 7.98. The Kier molecular flexibility index (Phi) is 3.04. The fourth-order valence-corrected chi connectivity index (χ4v) is 1.10. The second kappa shape index (κ2) is 3.85. The molecule has 1 aromatic rings. The molecule has 0 aliphatic rings. The van der Waals surface area contributed by atoms with Crippen LogP contribution in [0.1, 0.15) is 32.4 Å². The summed E-state index contributed by atoms with van der Waals surface area (Å²) in [5.74, 6) is 1.02. The topological polar surface area (TPSA) is 25.8 Å². The van der Waals surface area contributed by atoms with Gasteiger partial charge in [0.2, 0.25) is 5.28 Å². The molecule has 1 rings (SSSR count). The lowest BCUT2D eigenvalue weighted by atomic mass is 9.95.